The molecule has 0 unspecified atom stereocenters. The lowest BCUT2D eigenvalue weighted by Crippen LogP contribution is -2.52. The van der Waals surface area contributed by atoms with Gasteiger partial charge in [0, 0.05) is 55.9 Å². The van der Waals surface area contributed by atoms with Crippen LogP contribution in [0.1, 0.15) is 12.8 Å². The fraction of sp³-hybridized carbons (Fsp3) is 0.385. The second kappa shape index (κ2) is 9.17. The topological polar surface area (TPSA) is 48.8 Å². The summed E-state index contributed by atoms with van der Waals surface area (Å²) in [5.41, 5.74) is 3.26. The van der Waals surface area contributed by atoms with E-state index in [1.807, 2.05) is 40.1 Å². The second-order valence-electron chi connectivity index (χ2n) is 8.79. The van der Waals surface area contributed by atoms with Crippen molar-refractivity contribution in [1.82, 2.24) is 19.3 Å². The summed E-state index contributed by atoms with van der Waals surface area (Å²) in [6.07, 6.45) is 2.24. The quantitative estimate of drug-likeness (QED) is 0.625. The number of fused-ring (bicyclic) bond motifs is 1. The Morgan fingerprint density at radius 1 is 0.688 bits per heavy atom. The maximum absolute atomic E-state index is 13.2. The van der Waals surface area contributed by atoms with Crippen molar-refractivity contribution in [2.75, 3.05) is 45.8 Å². The summed E-state index contributed by atoms with van der Waals surface area (Å²) in [6, 6.07) is 20.6. The molecule has 2 aromatic carbocycles. The molecule has 0 atom stereocenters. The van der Waals surface area contributed by atoms with Gasteiger partial charge in [0.25, 0.3) is 0 Å². The van der Waals surface area contributed by atoms with Crippen LogP contribution in [0.4, 0.5) is 0 Å². The van der Waals surface area contributed by atoms with Crippen molar-refractivity contribution in [2.45, 2.75) is 19.4 Å². The van der Waals surface area contributed by atoms with Gasteiger partial charge in [-0.1, -0.05) is 48.5 Å². The fourth-order valence-electron chi connectivity index (χ4n) is 4.88. The molecule has 0 saturated carbocycles. The van der Waals surface area contributed by atoms with E-state index in [0.717, 1.165) is 61.2 Å². The molecule has 166 valence electrons. The van der Waals surface area contributed by atoms with E-state index in [1.54, 1.807) is 0 Å². The highest BCUT2D eigenvalue weighted by atomic mass is 16.2. The molecule has 0 bridgehead atoms. The fourth-order valence-corrected chi connectivity index (χ4v) is 4.88. The van der Waals surface area contributed by atoms with Crippen molar-refractivity contribution in [3.8, 4) is 11.3 Å². The molecule has 0 radical (unpaired) electrons. The molecule has 0 aliphatic carbocycles. The molecule has 2 aliphatic heterocycles. The van der Waals surface area contributed by atoms with Crippen molar-refractivity contribution in [1.29, 1.82) is 0 Å². The van der Waals surface area contributed by atoms with Crippen LogP contribution in [0.25, 0.3) is 22.2 Å². The van der Waals surface area contributed by atoms with Crippen LogP contribution in [0, 0.1) is 0 Å². The van der Waals surface area contributed by atoms with Crippen LogP contribution in [0.15, 0.2) is 60.7 Å². The minimum atomic E-state index is 0.133. The first-order valence-corrected chi connectivity index (χ1v) is 11.6. The molecule has 2 saturated heterocycles. The summed E-state index contributed by atoms with van der Waals surface area (Å²) in [4.78, 5) is 31.8. The van der Waals surface area contributed by atoms with Gasteiger partial charge >= 0.3 is 0 Å². The lowest BCUT2D eigenvalue weighted by atomic mass is 10.1. The number of piperazine rings is 1. The monoisotopic (exact) mass is 430 g/mol. The Morgan fingerprint density at radius 3 is 2.06 bits per heavy atom. The minimum absolute atomic E-state index is 0.133. The summed E-state index contributed by atoms with van der Waals surface area (Å²) in [5.74, 6) is 0.364. The highest BCUT2D eigenvalue weighted by Gasteiger charge is 2.26. The van der Waals surface area contributed by atoms with E-state index in [9.17, 15) is 9.59 Å². The highest BCUT2D eigenvalue weighted by Crippen LogP contribution is 2.28. The lowest BCUT2D eigenvalue weighted by molar-refractivity contribution is -0.135. The zero-order chi connectivity index (χ0) is 21.9. The van der Waals surface area contributed by atoms with Crippen LogP contribution in [0.5, 0.6) is 0 Å². The molecule has 32 heavy (non-hydrogen) atoms. The van der Waals surface area contributed by atoms with Gasteiger partial charge in [-0.3, -0.25) is 14.5 Å². The third-order valence-electron chi connectivity index (χ3n) is 6.72. The Balaban J connectivity index is 1.26. The summed E-state index contributed by atoms with van der Waals surface area (Å²) in [5, 5.41) is 1.14. The van der Waals surface area contributed by atoms with E-state index in [4.69, 9.17) is 0 Å². The number of amides is 2. The number of nitrogens with zero attached hydrogens (tertiary/aromatic N) is 4. The largest absolute Gasteiger partial charge is 0.342 e. The van der Waals surface area contributed by atoms with Crippen LogP contribution in [-0.4, -0.2) is 76.9 Å². The first-order valence-electron chi connectivity index (χ1n) is 11.6. The third kappa shape index (κ3) is 4.28. The van der Waals surface area contributed by atoms with Crippen LogP contribution in [0.3, 0.4) is 0 Å². The van der Waals surface area contributed by atoms with E-state index in [0.29, 0.717) is 26.2 Å². The molecule has 0 N–H and O–H groups in total. The van der Waals surface area contributed by atoms with E-state index >= 15 is 0 Å². The molecule has 2 amide bonds. The van der Waals surface area contributed by atoms with Gasteiger partial charge in [0.15, 0.2) is 0 Å². The average molecular weight is 431 g/mol. The van der Waals surface area contributed by atoms with Crippen molar-refractivity contribution >= 4 is 22.7 Å². The van der Waals surface area contributed by atoms with Crippen molar-refractivity contribution in [3.63, 3.8) is 0 Å². The van der Waals surface area contributed by atoms with Gasteiger partial charge in [-0.25, -0.2) is 0 Å². The van der Waals surface area contributed by atoms with Gasteiger partial charge in [0.05, 0.1) is 6.54 Å². The van der Waals surface area contributed by atoms with Crippen LogP contribution < -0.4 is 0 Å². The smallest absolute Gasteiger partial charge is 0.242 e. The van der Waals surface area contributed by atoms with Gasteiger partial charge in [0.1, 0.15) is 6.54 Å². The maximum atomic E-state index is 13.2. The normalized spacial score (nSPS) is 17.2. The Morgan fingerprint density at radius 2 is 1.31 bits per heavy atom. The Hall–Kier alpha value is -3.12. The van der Waals surface area contributed by atoms with Crippen LogP contribution in [-0.2, 0) is 16.1 Å². The molecule has 3 heterocycles. The van der Waals surface area contributed by atoms with Gasteiger partial charge in [-0.2, -0.15) is 0 Å². The zero-order valence-corrected chi connectivity index (χ0v) is 18.4. The third-order valence-corrected chi connectivity index (χ3v) is 6.72. The number of likely N-dealkylation sites (tertiary alicyclic amines) is 1. The molecule has 0 spiro atoms. The predicted molar refractivity (Wildman–Crippen MR) is 126 cm³/mol. The standard InChI is InChI=1S/C26H30N4O2/c31-25(28-12-6-7-13-28)19-27-14-16-29(17-15-27)26(32)20-30-23-11-5-4-10-22(23)18-24(30)21-8-2-1-3-9-21/h1-5,8-11,18H,6-7,12-17,19-20H2. The van der Waals surface area contributed by atoms with Crippen molar-refractivity contribution in [3.05, 3.63) is 60.7 Å². The summed E-state index contributed by atoms with van der Waals surface area (Å²) in [7, 11) is 0. The average Bonchev–Trinajstić information content (AvgIpc) is 3.49. The molecular formula is C26H30N4O2. The molecule has 6 heteroatoms. The number of carbonyl (C=O) groups is 2. The van der Waals surface area contributed by atoms with Gasteiger partial charge in [-0.15, -0.1) is 0 Å². The molecule has 2 aliphatic rings. The van der Waals surface area contributed by atoms with E-state index in [-0.39, 0.29) is 11.8 Å². The summed E-state index contributed by atoms with van der Waals surface area (Å²) in [6.45, 7) is 5.44. The number of carbonyl (C=O) groups excluding carboxylic acids is 2. The molecule has 6 nitrogen and oxygen atoms in total. The Bertz CT molecular complexity index is 1090. The van der Waals surface area contributed by atoms with Gasteiger partial charge in [-0.05, 0) is 30.5 Å². The number of benzene rings is 2. The first-order chi connectivity index (χ1) is 15.7. The number of para-hydroxylation sites is 1. The molecule has 5 rings (SSSR count). The first kappa shape index (κ1) is 20.8. The Labute approximate surface area is 189 Å². The van der Waals surface area contributed by atoms with Crippen molar-refractivity contribution < 1.29 is 9.59 Å². The second-order valence-corrected chi connectivity index (χ2v) is 8.79. The van der Waals surface area contributed by atoms with Crippen LogP contribution in [0.2, 0.25) is 0 Å². The molecule has 1 aromatic heterocycles. The van der Waals surface area contributed by atoms with E-state index in [1.165, 1.54) is 0 Å². The number of hydrogen-bond acceptors (Lipinski definition) is 3. The Kier molecular flexibility index (Phi) is 5.95. The molecule has 2 fully saturated rings. The van der Waals surface area contributed by atoms with Crippen molar-refractivity contribution in [2.24, 2.45) is 0 Å². The lowest BCUT2D eigenvalue weighted by Gasteiger charge is -2.35. The van der Waals surface area contributed by atoms with Gasteiger partial charge in [0.2, 0.25) is 11.8 Å². The summed E-state index contributed by atoms with van der Waals surface area (Å²) >= 11 is 0. The number of rotatable bonds is 5. The van der Waals surface area contributed by atoms with E-state index < -0.39 is 0 Å². The summed E-state index contributed by atoms with van der Waals surface area (Å²) < 4.78 is 2.14. The number of hydrogen-bond donors (Lipinski definition) is 0. The number of aromatic nitrogens is 1. The van der Waals surface area contributed by atoms with Crippen LogP contribution >= 0.6 is 0 Å². The maximum Gasteiger partial charge on any atom is 0.242 e. The minimum Gasteiger partial charge on any atom is -0.342 e. The van der Waals surface area contributed by atoms with E-state index in [2.05, 4.69) is 39.8 Å². The SMILES string of the molecule is O=C(CN1CCN(C(=O)Cn2c(-c3ccccc3)cc3ccccc32)CC1)N1CCCC1. The predicted octanol–water partition coefficient (Wildman–Crippen LogP) is 3.07. The molecule has 3 aromatic rings. The highest BCUT2D eigenvalue weighted by molar-refractivity contribution is 5.89. The zero-order valence-electron chi connectivity index (χ0n) is 18.4. The van der Waals surface area contributed by atoms with Gasteiger partial charge < -0.3 is 14.4 Å². The molecular weight excluding hydrogens is 400 g/mol.